The van der Waals surface area contributed by atoms with Crippen molar-refractivity contribution in [2.75, 3.05) is 5.32 Å². The van der Waals surface area contributed by atoms with E-state index >= 15 is 0 Å². The number of aryl methyl sites for hydroxylation is 1. The number of aliphatic imine (C=N–C) groups is 1. The Morgan fingerprint density at radius 3 is 2.85 bits per heavy atom. The molecule has 0 aliphatic rings. The highest BCUT2D eigenvalue weighted by Crippen LogP contribution is 2.31. The molecule has 0 saturated carbocycles. The van der Waals surface area contributed by atoms with Crippen molar-refractivity contribution in [1.29, 1.82) is 0 Å². The first-order valence-corrected chi connectivity index (χ1v) is 8.90. The number of carbonyl (C=O) groups excluding carboxylic acids is 1. The van der Waals surface area contributed by atoms with E-state index in [0.717, 1.165) is 28.1 Å². The first-order valence-electron chi connectivity index (χ1n) is 8.52. The standard InChI is InChI=1S/C20H20ClN5O/c1-4-22-11-15-12-26(25-20(15)16-7-5-6-8-17(16)21)18-9-19(24-14(3)27)23-10-13(18)2/h4-10,12H,11H2,1-3H3,(H,23,24,27). The van der Waals surface area contributed by atoms with E-state index in [2.05, 4.69) is 15.3 Å². The lowest BCUT2D eigenvalue weighted by Gasteiger charge is -2.08. The molecule has 0 spiro atoms. The monoisotopic (exact) mass is 381 g/mol. The second-order valence-electron chi connectivity index (χ2n) is 6.06. The molecule has 2 heterocycles. The van der Waals surface area contributed by atoms with Gasteiger partial charge in [-0.05, 0) is 31.7 Å². The Hall–Kier alpha value is -2.99. The molecule has 138 valence electrons. The van der Waals surface area contributed by atoms with Gasteiger partial charge in [-0.15, -0.1) is 0 Å². The number of hydrogen-bond acceptors (Lipinski definition) is 4. The Bertz CT molecular complexity index is 1010. The topological polar surface area (TPSA) is 72.2 Å². The Balaban J connectivity index is 2.12. The van der Waals surface area contributed by atoms with Crippen molar-refractivity contribution in [3.63, 3.8) is 0 Å². The highest BCUT2D eigenvalue weighted by molar-refractivity contribution is 6.33. The van der Waals surface area contributed by atoms with Crippen LogP contribution in [0.5, 0.6) is 0 Å². The average Bonchev–Trinajstić information content (AvgIpc) is 3.05. The molecular formula is C20H20ClN5O. The van der Waals surface area contributed by atoms with Gasteiger partial charge in [0.1, 0.15) is 5.82 Å². The third-order valence-corrected chi connectivity index (χ3v) is 4.32. The molecule has 6 nitrogen and oxygen atoms in total. The molecule has 27 heavy (non-hydrogen) atoms. The number of nitrogens with zero attached hydrogens (tertiary/aromatic N) is 4. The summed E-state index contributed by atoms with van der Waals surface area (Å²) in [5, 5.41) is 8.10. The summed E-state index contributed by atoms with van der Waals surface area (Å²) < 4.78 is 1.78. The Kier molecular flexibility index (Phi) is 5.66. The van der Waals surface area contributed by atoms with Gasteiger partial charge in [-0.1, -0.05) is 29.8 Å². The summed E-state index contributed by atoms with van der Waals surface area (Å²) in [5.41, 5.74) is 4.35. The van der Waals surface area contributed by atoms with Crippen LogP contribution in [0.2, 0.25) is 5.02 Å². The summed E-state index contributed by atoms with van der Waals surface area (Å²) >= 11 is 6.39. The normalized spacial score (nSPS) is 11.1. The number of carbonyl (C=O) groups is 1. The Morgan fingerprint density at radius 1 is 1.37 bits per heavy atom. The van der Waals surface area contributed by atoms with Gasteiger partial charge in [-0.25, -0.2) is 9.67 Å². The molecular weight excluding hydrogens is 362 g/mol. The maximum absolute atomic E-state index is 11.3. The molecule has 7 heteroatoms. The predicted octanol–water partition coefficient (Wildman–Crippen LogP) is 4.45. The van der Waals surface area contributed by atoms with Crippen molar-refractivity contribution >= 4 is 29.5 Å². The minimum absolute atomic E-state index is 0.174. The van der Waals surface area contributed by atoms with Crippen LogP contribution in [0, 0.1) is 6.92 Å². The van der Waals surface area contributed by atoms with Crippen molar-refractivity contribution in [3.8, 4) is 16.9 Å². The van der Waals surface area contributed by atoms with E-state index in [1.807, 2.05) is 44.3 Å². The van der Waals surface area contributed by atoms with Gasteiger partial charge in [0.05, 0.1) is 22.9 Å². The van der Waals surface area contributed by atoms with Crippen molar-refractivity contribution in [3.05, 3.63) is 58.9 Å². The molecule has 0 saturated heterocycles. The minimum Gasteiger partial charge on any atom is -0.311 e. The predicted molar refractivity (Wildman–Crippen MR) is 109 cm³/mol. The fourth-order valence-electron chi connectivity index (χ4n) is 2.73. The number of aromatic nitrogens is 3. The van der Waals surface area contributed by atoms with E-state index in [-0.39, 0.29) is 5.91 Å². The third kappa shape index (κ3) is 4.23. The fraction of sp³-hybridized carbons (Fsp3) is 0.200. The molecule has 3 rings (SSSR count). The lowest BCUT2D eigenvalue weighted by molar-refractivity contribution is -0.114. The van der Waals surface area contributed by atoms with Crippen LogP contribution in [0.4, 0.5) is 5.82 Å². The van der Waals surface area contributed by atoms with Crippen LogP contribution in [0.1, 0.15) is 25.0 Å². The molecule has 0 radical (unpaired) electrons. The first kappa shape index (κ1) is 18.8. The first-order chi connectivity index (χ1) is 13.0. The van der Waals surface area contributed by atoms with Crippen LogP contribution in [-0.4, -0.2) is 26.9 Å². The van der Waals surface area contributed by atoms with Gasteiger partial charge < -0.3 is 5.32 Å². The highest BCUT2D eigenvalue weighted by atomic mass is 35.5. The van der Waals surface area contributed by atoms with E-state index < -0.39 is 0 Å². The minimum atomic E-state index is -0.174. The van der Waals surface area contributed by atoms with E-state index in [9.17, 15) is 4.79 Å². The van der Waals surface area contributed by atoms with Crippen LogP contribution in [0.3, 0.4) is 0 Å². The quantitative estimate of drug-likeness (QED) is 0.664. The van der Waals surface area contributed by atoms with Gasteiger partial charge in [0.15, 0.2) is 0 Å². The van der Waals surface area contributed by atoms with E-state index in [1.165, 1.54) is 6.92 Å². The maximum atomic E-state index is 11.3. The zero-order valence-electron chi connectivity index (χ0n) is 15.4. The third-order valence-electron chi connectivity index (χ3n) is 3.99. The van der Waals surface area contributed by atoms with Crippen LogP contribution in [-0.2, 0) is 11.3 Å². The molecule has 2 aromatic heterocycles. The number of rotatable bonds is 5. The second-order valence-corrected chi connectivity index (χ2v) is 6.47. The van der Waals surface area contributed by atoms with Gasteiger partial charge in [-0.3, -0.25) is 9.79 Å². The molecule has 0 unspecified atom stereocenters. The number of amides is 1. The number of benzene rings is 1. The number of hydrogen-bond donors (Lipinski definition) is 1. The number of anilines is 1. The lowest BCUT2D eigenvalue weighted by atomic mass is 10.1. The molecule has 1 N–H and O–H groups in total. The van der Waals surface area contributed by atoms with Crippen molar-refractivity contribution in [2.24, 2.45) is 4.99 Å². The Labute approximate surface area is 162 Å². The van der Waals surface area contributed by atoms with Crippen molar-refractivity contribution in [2.45, 2.75) is 27.3 Å². The van der Waals surface area contributed by atoms with Gasteiger partial charge in [0.2, 0.25) is 5.91 Å². The van der Waals surface area contributed by atoms with E-state index in [1.54, 1.807) is 23.2 Å². The zero-order valence-corrected chi connectivity index (χ0v) is 16.2. The molecule has 0 fully saturated rings. The van der Waals surface area contributed by atoms with E-state index in [4.69, 9.17) is 16.7 Å². The summed E-state index contributed by atoms with van der Waals surface area (Å²) in [7, 11) is 0. The molecule has 1 amide bonds. The summed E-state index contributed by atoms with van der Waals surface area (Å²) in [6.07, 6.45) is 5.41. The average molecular weight is 382 g/mol. The van der Waals surface area contributed by atoms with Crippen LogP contribution < -0.4 is 5.32 Å². The molecule has 3 aromatic rings. The fourth-order valence-corrected chi connectivity index (χ4v) is 2.95. The SMILES string of the molecule is CC=NCc1cn(-c2cc(NC(C)=O)ncc2C)nc1-c1ccccc1Cl. The molecule has 0 aliphatic heterocycles. The van der Waals surface area contributed by atoms with Crippen LogP contribution in [0.25, 0.3) is 16.9 Å². The summed E-state index contributed by atoms with van der Waals surface area (Å²) in [5.74, 6) is 0.304. The molecule has 0 atom stereocenters. The molecule has 0 aliphatic carbocycles. The molecule has 1 aromatic carbocycles. The molecule has 0 bridgehead atoms. The van der Waals surface area contributed by atoms with E-state index in [0.29, 0.717) is 17.4 Å². The summed E-state index contributed by atoms with van der Waals surface area (Å²) in [4.78, 5) is 19.9. The second kappa shape index (κ2) is 8.14. The highest BCUT2D eigenvalue weighted by Gasteiger charge is 2.16. The smallest absolute Gasteiger partial charge is 0.222 e. The van der Waals surface area contributed by atoms with Gasteiger partial charge >= 0.3 is 0 Å². The van der Waals surface area contributed by atoms with Gasteiger partial charge in [0, 0.05) is 36.5 Å². The largest absolute Gasteiger partial charge is 0.311 e. The van der Waals surface area contributed by atoms with Crippen LogP contribution >= 0.6 is 11.6 Å². The van der Waals surface area contributed by atoms with Crippen molar-refractivity contribution in [1.82, 2.24) is 14.8 Å². The lowest BCUT2D eigenvalue weighted by Crippen LogP contribution is -2.09. The van der Waals surface area contributed by atoms with Gasteiger partial charge in [0.25, 0.3) is 0 Å². The number of nitrogens with one attached hydrogen (secondary N) is 1. The van der Waals surface area contributed by atoms with Crippen LogP contribution in [0.15, 0.2) is 47.7 Å². The maximum Gasteiger partial charge on any atom is 0.222 e. The zero-order chi connectivity index (χ0) is 19.4. The van der Waals surface area contributed by atoms with Gasteiger partial charge in [-0.2, -0.15) is 5.10 Å². The summed E-state index contributed by atoms with van der Waals surface area (Å²) in [6.45, 7) is 5.78. The number of halogens is 1. The number of pyridine rings is 1. The van der Waals surface area contributed by atoms with Crippen molar-refractivity contribution < 1.29 is 4.79 Å². The Morgan fingerprint density at radius 2 is 2.15 bits per heavy atom. The summed E-state index contributed by atoms with van der Waals surface area (Å²) in [6, 6.07) is 9.40.